The van der Waals surface area contributed by atoms with Crippen molar-refractivity contribution in [3.63, 3.8) is 0 Å². The second-order valence-corrected chi connectivity index (χ2v) is 33.4. The van der Waals surface area contributed by atoms with Gasteiger partial charge in [0.1, 0.15) is 24.3 Å². The first-order valence-electron chi connectivity index (χ1n) is 42.9. The van der Waals surface area contributed by atoms with E-state index < -0.39 is 0 Å². The van der Waals surface area contributed by atoms with Gasteiger partial charge in [-0.3, -0.25) is 0 Å². The van der Waals surface area contributed by atoms with E-state index >= 15 is 0 Å². The van der Waals surface area contributed by atoms with Crippen molar-refractivity contribution >= 4 is 125 Å². The molecule has 29 heterocycles. The van der Waals surface area contributed by atoms with Crippen LogP contribution >= 0.6 is 11.6 Å². The van der Waals surface area contributed by atoms with Crippen LogP contribution in [0, 0.1) is 19.8 Å². The number of aryl methyl sites for hydroxylation is 2. The Bertz CT molecular complexity index is 4870. The van der Waals surface area contributed by atoms with Crippen LogP contribution in [0.3, 0.4) is 0 Å². The van der Waals surface area contributed by atoms with Crippen LogP contribution in [0.25, 0.3) is 0 Å². The van der Waals surface area contributed by atoms with Crippen LogP contribution in [0.1, 0.15) is 31.4 Å². The molecule has 0 aromatic carbocycles. The lowest BCUT2D eigenvalue weighted by Crippen LogP contribution is -2.51. The number of hydrogen-bond donors (Lipinski definition) is 0. The quantitative estimate of drug-likeness (QED) is 0.168. The molecule has 8 aromatic rings. The molecule has 11 saturated heterocycles. The molecule has 0 unspecified atom stereocenters. The summed E-state index contributed by atoms with van der Waals surface area (Å²) in [4.78, 5) is 169. The Morgan fingerprint density at radius 3 is 0.558 bits per heavy atom. The number of piperazine rings is 10. The van der Waals surface area contributed by atoms with Gasteiger partial charge >= 0.3 is 0 Å². The van der Waals surface area contributed by atoms with E-state index in [-0.39, 0.29) is 5.28 Å². The molecule has 0 spiro atoms. The van der Waals surface area contributed by atoms with E-state index in [2.05, 4.69) is 139 Å². The van der Waals surface area contributed by atoms with Crippen LogP contribution in [0.2, 0.25) is 5.28 Å². The van der Waals surface area contributed by atoms with Gasteiger partial charge in [0.25, 0.3) is 0 Å². The van der Waals surface area contributed by atoms with Crippen molar-refractivity contribution in [2.75, 3.05) is 382 Å². The van der Waals surface area contributed by atoms with Crippen LogP contribution in [0.4, 0.5) is 113 Å². The zero-order valence-corrected chi connectivity index (χ0v) is 70.1. The first-order chi connectivity index (χ1) is 58.7. The van der Waals surface area contributed by atoms with Crippen molar-refractivity contribution in [2.24, 2.45) is 5.92 Å². The summed E-state index contributed by atoms with van der Waals surface area (Å²) < 4.78 is 0. The normalized spacial score (nSPS) is 21.0. The summed E-state index contributed by atoms with van der Waals surface area (Å²) in [5.74, 6) is 14.5. The maximum absolute atomic E-state index is 6.93. The summed E-state index contributed by atoms with van der Waals surface area (Å²) in [6.45, 7) is 35.8. The fraction of sp³-hybridized carbons (Fsp3) is 0.676. The molecule has 46 heteroatoms. The third-order valence-electron chi connectivity index (χ3n) is 25.3. The Hall–Kier alpha value is -11.5. The molecule has 11 fully saturated rings. The molecule has 29 rings (SSSR count). The van der Waals surface area contributed by atoms with Gasteiger partial charge in [0.05, 0.1) is 0 Å². The highest BCUT2D eigenvalue weighted by Gasteiger charge is 2.37. The number of rotatable bonds is 7. The molecule has 0 amide bonds. The van der Waals surface area contributed by atoms with Crippen LogP contribution in [0.5, 0.6) is 0 Å². The average molecular weight is 1660 g/mol. The highest BCUT2D eigenvalue weighted by Crippen LogP contribution is 2.33. The van der Waals surface area contributed by atoms with Crippen molar-refractivity contribution in [3.05, 3.63) is 29.6 Å². The summed E-state index contributed by atoms with van der Waals surface area (Å²) in [6.07, 6.45) is 5.39. The minimum atomic E-state index is 0.144. The molecule has 0 N–H and O–H groups in total. The summed E-state index contributed by atoms with van der Waals surface area (Å²) in [5, 5.41) is 0.144. The number of anilines is 19. The predicted molar refractivity (Wildman–Crippen MR) is 459 cm³/mol. The molecule has 8 aromatic heterocycles. The Morgan fingerprint density at radius 1 is 0.192 bits per heavy atom. The van der Waals surface area contributed by atoms with Gasteiger partial charge in [-0.15, -0.1) is 0 Å². The molecule has 21 aliphatic heterocycles. The van der Waals surface area contributed by atoms with Crippen LogP contribution in [-0.4, -0.2) is 418 Å². The van der Waals surface area contributed by atoms with E-state index in [1.165, 1.54) is 0 Å². The van der Waals surface area contributed by atoms with Gasteiger partial charge in [-0.1, -0.05) is 6.92 Å². The van der Waals surface area contributed by atoms with E-state index in [0.29, 0.717) is 308 Å². The lowest BCUT2D eigenvalue weighted by molar-refractivity contribution is 0.311. The van der Waals surface area contributed by atoms with E-state index in [1.54, 1.807) is 12.7 Å². The second-order valence-electron chi connectivity index (χ2n) is 33.1. The lowest BCUT2D eigenvalue weighted by atomic mass is 10.00. The number of aromatic nitrogens is 24. The molecule has 634 valence electrons. The van der Waals surface area contributed by atoms with Crippen LogP contribution in [-0.2, 0) is 0 Å². The maximum Gasteiger partial charge on any atom is 0.232 e. The smallest absolute Gasteiger partial charge is 0.232 e. The van der Waals surface area contributed by atoms with E-state index in [4.69, 9.17) is 116 Å². The van der Waals surface area contributed by atoms with Crippen molar-refractivity contribution in [1.29, 1.82) is 0 Å². The molecule has 0 aliphatic carbocycles. The fourth-order valence-electron chi connectivity index (χ4n) is 17.6. The van der Waals surface area contributed by atoms with E-state index in [9.17, 15) is 0 Å². The van der Waals surface area contributed by atoms with Gasteiger partial charge in [-0.2, -0.15) is 99.7 Å². The molecule has 45 nitrogen and oxygen atoms in total. The molecular formula is C74H106ClN45. The standard InChI is InChI=1S/C74H106ClN45/c1-52-6-8-102(9-7-52)63-88-66-94-67(89-63)117-42-44-120(45-43-117)74-98-72(114-36-30-109(31-37-114)60-82-54(3)81-59(86-60)108-24-18-103(19-25-108)56-77-50-76-53(2)80-56)97-73(99-74)116-40-34-111(35-41-116)62-84-55(75)83-61(87-62)110-32-38-115(39-33-110)69-91-65(107-16-12-101(5)13-17-107)93-71(96-69)119-48-46-118(47-49-119)70-92-64(106-14-10-100(4)11-15-106)90-68(95-70)113-28-22-105(23-29-113)58-79-51-78-57(85-58)104-20-26-112(66)27-21-104/h50-52H,6-49H2,1-5H3. The molecule has 0 radical (unpaired) electrons. The van der Waals surface area contributed by atoms with Gasteiger partial charge in [-0.25, -0.2) is 19.9 Å². The van der Waals surface area contributed by atoms with Crippen LogP contribution < -0.4 is 93.1 Å². The van der Waals surface area contributed by atoms with Crippen molar-refractivity contribution in [3.8, 4) is 0 Å². The average Bonchev–Trinajstić information content (AvgIpc) is 0.764. The minimum Gasteiger partial charge on any atom is -0.341 e. The molecule has 24 bridgehead atoms. The molecule has 0 saturated carbocycles. The largest absolute Gasteiger partial charge is 0.341 e. The fourth-order valence-corrected chi connectivity index (χ4v) is 17.7. The zero-order chi connectivity index (χ0) is 80.9. The van der Waals surface area contributed by atoms with Gasteiger partial charge in [0, 0.05) is 275 Å². The molecule has 120 heavy (non-hydrogen) atoms. The Morgan fingerprint density at radius 2 is 0.342 bits per heavy atom. The van der Waals surface area contributed by atoms with Gasteiger partial charge in [0.2, 0.25) is 118 Å². The van der Waals surface area contributed by atoms with Gasteiger partial charge < -0.3 is 103 Å². The van der Waals surface area contributed by atoms with E-state index in [1.807, 2.05) is 13.8 Å². The van der Waals surface area contributed by atoms with E-state index in [0.717, 1.165) is 110 Å². The van der Waals surface area contributed by atoms with Crippen molar-refractivity contribution in [2.45, 2.75) is 33.6 Å². The highest BCUT2D eigenvalue weighted by molar-refractivity contribution is 6.28. The Balaban J connectivity index is 0.581. The number of hydrogen-bond acceptors (Lipinski definition) is 45. The summed E-state index contributed by atoms with van der Waals surface area (Å²) in [7, 11) is 4.34. The SMILES string of the molecule is Cc1ncnc(N2CCN(c3nc(C)nc(N4CCN(c5nc6nc(n5)N5CCN(CC5)c5nc(N7CCC(C)CC7)nc(n5)N5CCN(CC5)c5ncnc(n5)N5CCN(CC5)c5nc(N7CCN(C)CC7)nc(n5)N5CCN(CC5)c5nc(N7CCN(C)CC7)nc(n5)N5CCN(CC5)c5nc(Cl)nc(n5)N5CCN6CC5)CC4)n3)CC2)n1. The van der Waals surface area contributed by atoms with Gasteiger partial charge in [0.15, 0.2) is 0 Å². The van der Waals surface area contributed by atoms with Crippen molar-refractivity contribution < 1.29 is 0 Å². The minimum absolute atomic E-state index is 0.144. The highest BCUT2D eigenvalue weighted by atomic mass is 35.5. The topological polar surface area (TPSA) is 377 Å². The predicted octanol–water partition coefficient (Wildman–Crippen LogP) is -1.90. The van der Waals surface area contributed by atoms with Gasteiger partial charge in [-0.05, 0) is 58.3 Å². The Kier molecular flexibility index (Phi) is 21.6. The molecular weight excluding hydrogens is 1550 g/mol. The number of halogens is 1. The molecule has 21 aliphatic rings. The first-order valence-corrected chi connectivity index (χ1v) is 43.3. The zero-order valence-electron chi connectivity index (χ0n) is 69.3. The number of nitrogens with zero attached hydrogens (tertiary/aromatic N) is 45. The third-order valence-corrected chi connectivity index (χ3v) is 25.5. The second kappa shape index (κ2) is 33.6. The van der Waals surface area contributed by atoms with Crippen LogP contribution in [0.15, 0.2) is 12.7 Å². The number of piperidine rings is 1. The summed E-state index contributed by atoms with van der Waals surface area (Å²) in [6, 6.07) is 0. The molecule has 0 atom stereocenters. The third kappa shape index (κ3) is 16.7. The summed E-state index contributed by atoms with van der Waals surface area (Å²) in [5.41, 5.74) is 0. The number of likely N-dealkylation sites (N-methyl/N-ethyl adjacent to an activating group) is 2. The first kappa shape index (κ1) is 77.1. The monoisotopic (exact) mass is 1660 g/mol. The Labute approximate surface area is 702 Å². The van der Waals surface area contributed by atoms with Crippen molar-refractivity contribution in [1.82, 2.24) is 129 Å². The maximum atomic E-state index is 6.93. The summed E-state index contributed by atoms with van der Waals surface area (Å²) >= 11 is 6.93. The lowest BCUT2D eigenvalue weighted by Gasteiger charge is -2.39.